The molecule has 16 heavy (non-hydrogen) atoms. The fourth-order valence-electron chi connectivity index (χ4n) is 2.56. The molecule has 0 aliphatic heterocycles. The van der Waals surface area contributed by atoms with E-state index < -0.39 is 17.7 Å². The number of hydrogen-bond acceptors (Lipinski definition) is 1. The summed E-state index contributed by atoms with van der Waals surface area (Å²) >= 11 is 0. The minimum Gasteiger partial charge on any atom is -0.324 e. The summed E-state index contributed by atoms with van der Waals surface area (Å²) in [4.78, 5) is 0. The fourth-order valence-corrected chi connectivity index (χ4v) is 2.56. The maximum absolute atomic E-state index is 13.5. The van der Waals surface area contributed by atoms with Crippen molar-refractivity contribution in [3.05, 3.63) is 35.4 Å². The minimum absolute atomic E-state index is 0.0643. The van der Waals surface area contributed by atoms with Crippen LogP contribution in [0.25, 0.3) is 0 Å². The average Bonchev–Trinajstić information content (AvgIpc) is 2.30. The molecule has 1 aromatic rings. The highest BCUT2D eigenvalue weighted by atomic mass is 19.1. The number of nitrogens with two attached hydrogens (primary N) is 1. The van der Waals surface area contributed by atoms with Gasteiger partial charge in [0.25, 0.3) is 0 Å². The smallest absolute Gasteiger partial charge is 0.130 e. The summed E-state index contributed by atoms with van der Waals surface area (Å²) in [6.07, 6.45) is 5.41. The van der Waals surface area contributed by atoms with Crippen LogP contribution in [0.15, 0.2) is 18.2 Å². The standard InChI is InChI=1S/C13H17F2N/c14-10-7-4-8-11(15)12(10)13(16)9-5-2-1-3-6-9/h4,7-9,13H,1-3,5-6,16H2. The van der Waals surface area contributed by atoms with Gasteiger partial charge in [-0.3, -0.25) is 0 Å². The Morgan fingerprint density at radius 1 is 1.06 bits per heavy atom. The Bertz CT molecular complexity index is 339. The van der Waals surface area contributed by atoms with Gasteiger partial charge in [0.1, 0.15) is 11.6 Å². The van der Waals surface area contributed by atoms with Crippen LogP contribution in [0.4, 0.5) is 8.78 Å². The quantitative estimate of drug-likeness (QED) is 0.818. The second-order valence-corrected chi connectivity index (χ2v) is 4.56. The Morgan fingerprint density at radius 3 is 2.19 bits per heavy atom. The lowest BCUT2D eigenvalue weighted by atomic mass is 9.81. The third-order valence-corrected chi connectivity index (χ3v) is 3.49. The second-order valence-electron chi connectivity index (χ2n) is 4.56. The molecule has 1 aliphatic rings. The molecule has 2 N–H and O–H groups in total. The Hall–Kier alpha value is -0.960. The van der Waals surface area contributed by atoms with E-state index in [1.807, 2.05) is 0 Å². The van der Waals surface area contributed by atoms with Crippen LogP contribution in [-0.4, -0.2) is 0 Å². The molecule has 0 radical (unpaired) electrons. The summed E-state index contributed by atoms with van der Waals surface area (Å²) in [5.74, 6) is -0.809. The van der Waals surface area contributed by atoms with Crippen LogP contribution < -0.4 is 5.73 Å². The first-order chi connectivity index (χ1) is 7.70. The van der Waals surface area contributed by atoms with Crippen LogP contribution in [0.2, 0.25) is 0 Å². The normalized spacial score (nSPS) is 19.7. The highest BCUT2D eigenvalue weighted by Gasteiger charge is 2.26. The molecule has 1 aromatic carbocycles. The number of rotatable bonds is 2. The summed E-state index contributed by atoms with van der Waals surface area (Å²) in [6, 6.07) is 3.44. The average molecular weight is 225 g/mol. The van der Waals surface area contributed by atoms with E-state index in [-0.39, 0.29) is 11.5 Å². The number of halogens is 2. The first-order valence-electron chi connectivity index (χ1n) is 5.89. The Morgan fingerprint density at radius 2 is 1.62 bits per heavy atom. The van der Waals surface area contributed by atoms with Crippen LogP contribution in [-0.2, 0) is 0 Å². The minimum atomic E-state index is -0.516. The topological polar surface area (TPSA) is 26.0 Å². The van der Waals surface area contributed by atoms with Crippen molar-refractivity contribution in [3.63, 3.8) is 0 Å². The predicted molar refractivity (Wildman–Crippen MR) is 59.9 cm³/mol. The van der Waals surface area contributed by atoms with Crippen LogP contribution >= 0.6 is 0 Å². The molecule has 1 saturated carbocycles. The van der Waals surface area contributed by atoms with Gasteiger partial charge in [-0.1, -0.05) is 25.3 Å². The van der Waals surface area contributed by atoms with Gasteiger partial charge in [0.15, 0.2) is 0 Å². The third kappa shape index (κ3) is 2.24. The fraction of sp³-hybridized carbons (Fsp3) is 0.538. The summed E-state index contributed by atoms with van der Waals surface area (Å²) < 4.78 is 27.1. The van der Waals surface area contributed by atoms with Gasteiger partial charge >= 0.3 is 0 Å². The Balaban J connectivity index is 2.22. The van der Waals surface area contributed by atoms with E-state index in [2.05, 4.69) is 0 Å². The Labute approximate surface area is 94.7 Å². The van der Waals surface area contributed by atoms with E-state index in [0.29, 0.717) is 0 Å². The van der Waals surface area contributed by atoms with Crippen LogP contribution in [0.5, 0.6) is 0 Å². The summed E-state index contributed by atoms with van der Waals surface area (Å²) in [5, 5.41) is 0. The van der Waals surface area contributed by atoms with Gasteiger partial charge in [-0.2, -0.15) is 0 Å². The highest BCUT2D eigenvalue weighted by Crippen LogP contribution is 2.34. The SMILES string of the molecule is NC(c1c(F)cccc1F)C1CCCCC1. The van der Waals surface area contributed by atoms with E-state index in [9.17, 15) is 8.78 Å². The van der Waals surface area contributed by atoms with Gasteiger partial charge in [-0.25, -0.2) is 8.78 Å². The Kier molecular flexibility index (Phi) is 3.54. The summed E-state index contributed by atoms with van der Waals surface area (Å²) in [6.45, 7) is 0. The van der Waals surface area contributed by atoms with Gasteiger partial charge in [0, 0.05) is 11.6 Å². The van der Waals surface area contributed by atoms with Crippen molar-refractivity contribution in [2.45, 2.75) is 38.1 Å². The summed E-state index contributed by atoms with van der Waals surface area (Å²) in [5.41, 5.74) is 6.06. The lowest BCUT2D eigenvalue weighted by molar-refractivity contribution is 0.298. The lowest BCUT2D eigenvalue weighted by Gasteiger charge is -2.28. The molecule has 1 unspecified atom stereocenters. The maximum Gasteiger partial charge on any atom is 0.130 e. The largest absolute Gasteiger partial charge is 0.324 e. The van der Waals surface area contributed by atoms with Crippen molar-refractivity contribution < 1.29 is 8.78 Å². The van der Waals surface area contributed by atoms with Crippen molar-refractivity contribution in [1.29, 1.82) is 0 Å². The molecule has 0 bridgehead atoms. The first-order valence-corrected chi connectivity index (χ1v) is 5.89. The third-order valence-electron chi connectivity index (χ3n) is 3.49. The van der Waals surface area contributed by atoms with Crippen molar-refractivity contribution >= 4 is 0 Å². The van der Waals surface area contributed by atoms with Crippen LogP contribution in [0.1, 0.15) is 43.7 Å². The predicted octanol–water partition coefficient (Wildman–Crippen LogP) is 3.54. The second kappa shape index (κ2) is 4.91. The monoisotopic (exact) mass is 225 g/mol. The van der Waals surface area contributed by atoms with Gasteiger partial charge in [-0.05, 0) is 30.9 Å². The molecular weight excluding hydrogens is 208 g/mol. The molecule has 0 heterocycles. The molecule has 0 spiro atoms. The highest BCUT2D eigenvalue weighted by molar-refractivity contribution is 5.23. The lowest BCUT2D eigenvalue weighted by Crippen LogP contribution is -2.25. The van der Waals surface area contributed by atoms with E-state index >= 15 is 0 Å². The van der Waals surface area contributed by atoms with Gasteiger partial charge in [0.2, 0.25) is 0 Å². The zero-order valence-corrected chi connectivity index (χ0v) is 9.26. The molecule has 3 heteroatoms. The number of hydrogen-bond donors (Lipinski definition) is 1. The molecule has 88 valence electrons. The van der Waals surface area contributed by atoms with Crippen molar-refractivity contribution in [1.82, 2.24) is 0 Å². The molecule has 0 aromatic heterocycles. The van der Waals surface area contributed by atoms with Gasteiger partial charge < -0.3 is 5.73 Å². The summed E-state index contributed by atoms with van der Waals surface area (Å²) in [7, 11) is 0. The van der Waals surface area contributed by atoms with Gasteiger partial charge in [-0.15, -0.1) is 0 Å². The van der Waals surface area contributed by atoms with E-state index in [1.54, 1.807) is 0 Å². The maximum atomic E-state index is 13.5. The molecule has 1 fully saturated rings. The molecule has 2 rings (SSSR count). The zero-order chi connectivity index (χ0) is 11.5. The zero-order valence-electron chi connectivity index (χ0n) is 9.26. The van der Waals surface area contributed by atoms with E-state index in [4.69, 9.17) is 5.73 Å². The first kappa shape index (κ1) is 11.5. The molecule has 1 aliphatic carbocycles. The van der Waals surface area contributed by atoms with Crippen molar-refractivity contribution in [3.8, 4) is 0 Å². The molecule has 0 amide bonds. The molecule has 1 nitrogen and oxygen atoms in total. The van der Waals surface area contributed by atoms with Gasteiger partial charge in [0.05, 0.1) is 0 Å². The number of benzene rings is 1. The van der Waals surface area contributed by atoms with Crippen molar-refractivity contribution in [2.75, 3.05) is 0 Å². The molecular formula is C13H17F2N. The van der Waals surface area contributed by atoms with Crippen molar-refractivity contribution in [2.24, 2.45) is 11.7 Å². The van der Waals surface area contributed by atoms with Crippen LogP contribution in [0, 0.1) is 17.6 Å². The van der Waals surface area contributed by atoms with E-state index in [0.717, 1.165) is 25.7 Å². The van der Waals surface area contributed by atoms with E-state index in [1.165, 1.54) is 24.6 Å². The van der Waals surface area contributed by atoms with Crippen LogP contribution in [0.3, 0.4) is 0 Å². The molecule has 1 atom stereocenters. The molecule has 0 saturated heterocycles.